The van der Waals surface area contributed by atoms with Crippen molar-refractivity contribution in [3.05, 3.63) is 40.5 Å². The molecule has 0 amide bonds. The van der Waals surface area contributed by atoms with E-state index in [0.717, 1.165) is 16.7 Å². The quantitative estimate of drug-likeness (QED) is 0.673. The predicted octanol–water partition coefficient (Wildman–Crippen LogP) is 2.90. The van der Waals surface area contributed by atoms with Crippen molar-refractivity contribution in [3.8, 4) is 0 Å². The van der Waals surface area contributed by atoms with Gasteiger partial charge in [0.25, 0.3) is 0 Å². The fraction of sp³-hybridized carbons (Fsp3) is 0.286. The van der Waals surface area contributed by atoms with Gasteiger partial charge in [0.2, 0.25) is 11.6 Å². The van der Waals surface area contributed by atoms with Gasteiger partial charge in [0, 0.05) is 5.56 Å². The van der Waals surface area contributed by atoms with Gasteiger partial charge in [-0.15, -0.1) is 0 Å². The number of carbonyl (C=O) groups is 2. The second-order valence-corrected chi connectivity index (χ2v) is 4.44. The molecule has 0 radical (unpaired) electrons. The Morgan fingerprint density at radius 3 is 2.38 bits per heavy atom. The average Bonchev–Trinajstić information content (AvgIpc) is 2.23. The highest BCUT2D eigenvalue weighted by molar-refractivity contribution is 6.50. The average molecular weight is 214 g/mol. The number of fused-ring (bicyclic) bond motifs is 1. The molecule has 2 nitrogen and oxygen atoms in total. The summed E-state index contributed by atoms with van der Waals surface area (Å²) in [6.07, 6.45) is 3.14. The summed E-state index contributed by atoms with van der Waals surface area (Å²) in [4.78, 5) is 23.2. The van der Waals surface area contributed by atoms with E-state index in [1.165, 1.54) is 6.08 Å². The van der Waals surface area contributed by atoms with Crippen molar-refractivity contribution in [1.29, 1.82) is 0 Å². The molecule has 0 saturated heterocycles. The molecule has 0 aromatic heterocycles. The van der Waals surface area contributed by atoms with Gasteiger partial charge in [0.05, 0.1) is 0 Å². The highest BCUT2D eigenvalue weighted by Crippen LogP contribution is 2.29. The maximum atomic E-state index is 11.8. The monoisotopic (exact) mass is 214 g/mol. The van der Waals surface area contributed by atoms with Crippen LogP contribution in [0.4, 0.5) is 0 Å². The minimum atomic E-state index is -0.420. The van der Waals surface area contributed by atoms with Crippen LogP contribution in [-0.2, 0) is 4.79 Å². The van der Waals surface area contributed by atoms with E-state index in [0.29, 0.717) is 11.5 Å². The van der Waals surface area contributed by atoms with Crippen molar-refractivity contribution in [2.45, 2.75) is 26.7 Å². The number of ketones is 2. The molecule has 0 heterocycles. The smallest absolute Gasteiger partial charge is 0.233 e. The third-order valence-corrected chi connectivity index (χ3v) is 2.96. The van der Waals surface area contributed by atoms with Gasteiger partial charge < -0.3 is 0 Å². The van der Waals surface area contributed by atoms with E-state index in [2.05, 4.69) is 13.8 Å². The molecule has 2 heteroatoms. The van der Waals surface area contributed by atoms with Crippen LogP contribution in [0.5, 0.6) is 0 Å². The van der Waals surface area contributed by atoms with Crippen molar-refractivity contribution in [2.24, 2.45) is 0 Å². The summed E-state index contributed by atoms with van der Waals surface area (Å²) >= 11 is 0. The minimum absolute atomic E-state index is 0.347. The molecular weight excluding hydrogens is 200 g/mol. The Balaban J connectivity index is 2.75. The number of allylic oxidation sites excluding steroid dienone is 1. The zero-order valence-electron chi connectivity index (χ0n) is 9.70. The van der Waals surface area contributed by atoms with E-state index in [9.17, 15) is 9.59 Å². The molecule has 1 aromatic carbocycles. The van der Waals surface area contributed by atoms with Crippen molar-refractivity contribution < 1.29 is 9.59 Å². The van der Waals surface area contributed by atoms with Gasteiger partial charge >= 0.3 is 0 Å². The molecule has 2 rings (SSSR count). The first-order chi connectivity index (χ1) is 7.52. The van der Waals surface area contributed by atoms with Crippen molar-refractivity contribution in [2.75, 3.05) is 0 Å². The van der Waals surface area contributed by atoms with Crippen LogP contribution in [0, 0.1) is 6.92 Å². The molecule has 0 bridgehead atoms. The van der Waals surface area contributed by atoms with Gasteiger partial charge in [-0.25, -0.2) is 0 Å². The summed E-state index contributed by atoms with van der Waals surface area (Å²) in [5.74, 6) is -0.450. The zero-order chi connectivity index (χ0) is 11.9. The maximum absolute atomic E-state index is 11.8. The molecule has 0 fully saturated rings. The van der Waals surface area contributed by atoms with E-state index in [4.69, 9.17) is 0 Å². The molecule has 0 aliphatic heterocycles. The topological polar surface area (TPSA) is 34.1 Å². The second-order valence-electron chi connectivity index (χ2n) is 4.44. The lowest BCUT2D eigenvalue weighted by Gasteiger charge is -2.18. The van der Waals surface area contributed by atoms with E-state index in [-0.39, 0.29) is 5.78 Å². The van der Waals surface area contributed by atoms with Gasteiger partial charge in [-0.2, -0.15) is 0 Å². The van der Waals surface area contributed by atoms with Crippen LogP contribution in [0.1, 0.15) is 46.8 Å². The second kappa shape index (κ2) is 3.71. The minimum Gasteiger partial charge on any atom is -0.286 e. The molecule has 0 unspecified atom stereocenters. The Kier molecular flexibility index (Phi) is 2.50. The Bertz CT molecular complexity index is 508. The summed E-state index contributed by atoms with van der Waals surface area (Å²) in [6.45, 7) is 6.03. The summed E-state index contributed by atoms with van der Waals surface area (Å²) in [7, 11) is 0. The number of aryl methyl sites for hydroxylation is 1. The molecule has 82 valence electrons. The van der Waals surface area contributed by atoms with Crippen molar-refractivity contribution in [3.63, 3.8) is 0 Å². The maximum Gasteiger partial charge on any atom is 0.233 e. The lowest BCUT2D eigenvalue weighted by Crippen LogP contribution is -2.19. The van der Waals surface area contributed by atoms with E-state index >= 15 is 0 Å². The lowest BCUT2D eigenvalue weighted by atomic mass is 9.85. The van der Waals surface area contributed by atoms with Crippen LogP contribution in [0.25, 0.3) is 6.08 Å². The van der Waals surface area contributed by atoms with Gasteiger partial charge in [-0.1, -0.05) is 26.0 Å². The van der Waals surface area contributed by atoms with E-state index < -0.39 is 5.78 Å². The first kappa shape index (κ1) is 10.8. The van der Waals surface area contributed by atoms with Crippen LogP contribution in [0.3, 0.4) is 0 Å². The molecule has 1 aromatic rings. The van der Waals surface area contributed by atoms with Gasteiger partial charge in [-0.05, 0) is 41.7 Å². The Morgan fingerprint density at radius 1 is 1.06 bits per heavy atom. The van der Waals surface area contributed by atoms with Crippen LogP contribution in [0.15, 0.2) is 18.2 Å². The molecule has 1 aliphatic rings. The summed E-state index contributed by atoms with van der Waals surface area (Å²) in [5, 5.41) is 0. The van der Waals surface area contributed by atoms with Gasteiger partial charge in [0.1, 0.15) is 0 Å². The summed E-state index contributed by atoms with van der Waals surface area (Å²) in [6, 6.07) is 3.95. The normalized spacial score (nSPS) is 14.5. The van der Waals surface area contributed by atoms with Crippen LogP contribution in [-0.4, -0.2) is 11.6 Å². The first-order valence-corrected chi connectivity index (χ1v) is 5.42. The van der Waals surface area contributed by atoms with Crippen LogP contribution in [0.2, 0.25) is 0 Å². The Morgan fingerprint density at radius 2 is 1.75 bits per heavy atom. The SMILES string of the molecule is Cc1ccc(C(C)C)c2c1C(=O)C(=O)C=C2. The number of hydrogen-bond donors (Lipinski definition) is 0. The highest BCUT2D eigenvalue weighted by Gasteiger charge is 2.25. The third kappa shape index (κ3) is 1.51. The van der Waals surface area contributed by atoms with Crippen LogP contribution < -0.4 is 0 Å². The summed E-state index contributed by atoms with van der Waals surface area (Å²) < 4.78 is 0. The number of benzene rings is 1. The third-order valence-electron chi connectivity index (χ3n) is 2.96. The number of rotatable bonds is 1. The molecule has 16 heavy (non-hydrogen) atoms. The zero-order valence-corrected chi connectivity index (χ0v) is 9.70. The van der Waals surface area contributed by atoms with Crippen molar-refractivity contribution in [1.82, 2.24) is 0 Å². The molecule has 1 aliphatic carbocycles. The first-order valence-electron chi connectivity index (χ1n) is 5.42. The fourth-order valence-electron chi connectivity index (χ4n) is 2.09. The predicted molar refractivity (Wildman–Crippen MR) is 63.6 cm³/mol. The van der Waals surface area contributed by atoms with Crippen molar-refractivity contribution >= 4 is 17.6 Å². The van der Waals surface area contributed by atoms with Gasteiger partial charge in [0.15, 0.2) is 0 Å². The van der Waals surface area contributed by atoms with Gasteiger partial charge in [-0.3, -0.25) is 9.59 Å². The largest absolute Gasteiger partial charge is 0.286 e. The Labute approximate surface area is 95.0 Å². The fourth-order valence-corrected chi connectivity index (χ4v) is 2.09. The molecular formula is C14H14O2. The highest BCUT2D eigenvalue weighted by atomic mass is 16.2. The number of hydrogen-bond acceptors (Lipinski definition) is 2. The number of carbonyl (C=O) groups excluding carboxylic acids is 2. The standard InChI is InChI=1S/C14H14O2/c1-8(2)10-5-4-9(3)13-11(10)6-7-12(15)14(13)16/h4-8H,1-3H3. The lowest BCUT2D eigenvalue weighted by molar-refractivity contribution is -0.110. The summed E-state index contributed by atoms with van der Waals surface area (Å²) in [5.41, 5.74) is 3.50. The number of Topliss-reactive ketones (excluding diaryl/α,β-unsaturated/α-hetero) is 1. The van der Waals surface area contributed by atoms with E-state index in [1.807, 2.05) is 19.1 Å². The van der Waals surface area contributed by atoms with E-state index in [1.54, 1.807) is 6.08 Å². The van der Waals surface area contributed by atoms with Crippen LogP contribution >= 0.6 is 0 Å². The molecule has 0 spiro atoms. The molecule has 0 saturated carbocycles. The molecule has 0 atom stereocenters. The Hall–Kier alpha value is -1.70. The molecule has 0 N–H and O–H groups in total.